The number of hydrogen-bond donors (Lipinski definition) is 3. The van der Waals surface area contributed by atoms with Crippen molar-refractivity contribution in [3.8, 4) is 0 Å². The van der Waals surface area contributed by atoms with Crippen LogP contribution in [0.2, 0.25) is 0 Å². The molecule has 204 valence electrons. The van der Waals surface area contributed by atoms with Crippen LogP contribution < -0.4 is 20.9 Å². The van der Waals surface area contributed by atoms with Gasteiger partial charge in [-0.2, -0.15) is 0 Å². The summed E-state index contributed by atoms with van der Waals surface area (Å²) in [6.45, 7) is 12.5. The fraction of sp³-hybridized carbons (Fsp3) is 0.577. The quantitative estimate of drug-likeness (QED) is 0.477. The number of anilines is 2. The molecule has 0 saturated carbocycles. The van der Waals surface area contributed by atoms with E-state index in [0.717, 1.165) is 16.7 Å². The zero-order valence-corrected chi connectivity index (χ0v) is 23.4. The summed E-state index contributed by atoms with van der Waals surface area (Å²) in [6, 6.07) is 3.50. The Morgan fingerprint density at radius 3 is 2.43 bits per heavy atom. The van der Waals surface area contributed by atoms with Gasteiger partial charge in [0.1, 0.15) is 6.04 Å². The minimum absolute atomic E-state index is 0.0624. The first kappa shape index (κ1) is 30.1. The SMILES string of the molecule is CCOC(=O)N1C(=O)C(NC(=O)[C@@H](SC(C)=O)[C@@H](C)CC)CCc2cc(NC(=O)NC(C)(C)C)ccc21. The number of urea groups is 1. The molecule has 1 aromatic carbocycles. The van der Waals surface area contributed by atoms with Crippen LogP contribution in [-0.4, -0.2) is 52.5 Å². The highest BCUT2D eigenvalue weighted by Crippen LogP contribution is 2.31. The number of benzene rings is 1. The lowest BCUT2D eigenvalue weighted by atomic mass is 10.0. The van der Waals surface area contributed by atoms with Gasteiger partial charge in [0.2, 0.25) is 5.91 Å². The number of amides is 5. The second-order valence-electron chi connectivity index (χ2n) is 10.1. The molecule has 1 heterocycles. The van der Waals surface area contributed by atoms with E-state index in [9.17, 15) is 24.0 Å². The molecule has 3 N–H and O–H groups in total. The molecule has 0 bridgehead atoms. The topological polar surface area (TPSA) is 134 Å². The van der Waals surface area contributed by atoms with Crippen LogP contribution in [0.5, 0.6) is 0 Å². The Bertz CT molecular complexity index is 1040. The smallest absolute Gasteiger partial charge is 0.421 e. The highest BCUT2D eigenvalue weighted by Gasteiger charge is 2.38. The normalized spacial score (nSPS) is 17.1. The standard InChI is InChI=1S/C26H38N4O6S/c1-8-15(3)21(37-16(4)31)22(32)28-19-12-10-17-14-18(27-24(34)29-26(5,6)7)11-13-20(17)30(23(19)33)25(35)36-9-2/h11,13-15,19,21H,8-10,12H2,1-7H3,(H,28,32)(H2,27,29,34)/t15-,19?,21-/m0/s1. The van der Waals surface area contributed by atoms with E-state index >= 15 is 0 Å². The third-order valence-electron chi connectivity index (χ3n) is 5.77. The van der Waals surface area contributed by atoms with E-state index in [0.29, 0.717) is 29.8 Å². The number of imide groups is 1. The molecule has 10 nitrogen and oxygen atoms in total. The van der Waals surface area contributed by atoms with Crippen LogP contribution >= 0.6 is 11.8 Å². The van der Waals surface area contributed by atoms with Crippen molar-refractivity contribution in [1.29, 1.82) is 0 Å². The van der Waals surface area contributed by atoms with Gasteiger partial charge in [-0.15, -0.1) is 0 Å². The van der Waals surface area contributed by atoms with Gasteiger partial charge >= 0.3 is 12.1 Å². The Labute approximate surface area is 222 Å². The molecule has 11 heteroatoms. The van der Waals surface area contributed by atoms with Crippen LogP contribution in [0.25, 0.3) is 0 Å². The first-order valence-electron chi connectivity index (χ1n) is 12.5. The Balaban J connectivity index is 2.36. The predicted octanol–water partition coefficient (Wildman–Crippen LogP) is 4.22. The molecule has 1 aliphatic heterocycles. The van der Waals surface area contributed by atoms with E-state index in [1.54, 1.807) is 25.1 Å². The summed E-state index contributed by atoms with van der Waals surface area (Å²) in [7, 11) is 0. The van der Waals surface area contributed by atoms with Gasteiger partial charge in [-0.05, 0) is 70.2 Å². The van der Waals surface area contributed by atoms with E-state index in [2.05, 4.69) is 16.0 Å². The van der Waals surface area contributed by atoms with E-state index in [4.69, 9.17) is 4.74 Å². The van der Waals surface area contributed by atoms with Crippen LogP contribution in [0.3, 0.4) is 0 Å². The molecule has 2 rings (SSSR count). The Hall–Kier alpha value is -3.08. The van der Waals surface area contributed by atoms with Crippen LogP contribution in [-0.2, 0) is 25.5 Å². The van der Waals surface area contributed by atoms with Gasteiger partial charge in [0.15, 0.2) is 5.12 Å². The maximum Gasteiger partial charge on any atom is 0.421 e. The molecule has 0 radical (unpaired) electrons. The molecule has 37 heavy (non-hydrogen) atoms. The predicted molar refractivity (Wildman–Crippen MR) is 145 cm³/mol. The average molecular weight is 535 g/mol. The molecule has 3 atom stereocenters. The van der Waals surface area contributed by atoms with E-state index in [1.165, 1.54) is 6.92 Å². The number of ether oxygens (including phenoxy) is 1. The van der Waals surface area contributed by atoms with Crippen molar-refractivity contribution in [3.63, 3.8) is 0 Å². The third kappa shape index (κ3) is 8.48. The fourth-order valence-electron chi connectivity index (χ4n) is 3.87. The molecule has 0 saturated heterocycles. The second-order valence-corrected chi connectivity index (χ2v) is 11.4. The lowest BCUT2D eigenvalue weighted by Gasteiger charge is -2.26. The van der Waals surface area contributed by atoms with Gasteiger partial charge in [0, 0.05) is 18.2 Å². The highest BCUT2D eigenvalue weighted by molar-refractivity contribution is 8.14. The third-order valence-corrected chi connectivity index (χ3v) is 7.03. The summed E-state index contributed by atoms with van der Waals surface area (Å²) in [5.41, 5.74) is 1.04. The van der Waals surface area contributed by atoms with Crippen molar-refractivity contribution in [3.05, 3.63) is 23.8 Å². The Morgan fingerprint density at radius 2 is 1.86 bits per heavy atom. The molecule has 0 aliphatic carbocycles. The number of carbonyl (C=O) groups is 5. The van der Waals surface area contributed by atoms with Crippen molar-refractivity contribution in [2.75, 3.05) is 16.8 Å². The van der Waals surface area contributed by atoms with Crippen molar-refractivity contribution in [1.82, 2.24) is 10.6 Å². The molecule has 1 unspecified atom stereocenters. The number of rotatable bonds is 7. The number of nitrogens with zero attached hydrogens (tertiary/aromatic N) is 1. The van der Waals surface area contributed by atoms with Gasteiger partial charge in [0.05, 0.1) is 17.5 Å². The Morgan fingerprint density at radius 1 is 1.19 bits per heavy atom. The van der Waals surface area contributed by atoms with E-state index in [-0.39, 0.29) is 30.1 Å². The molecule has 0 spiro atoms. The molecule has 0 aromatic heterocycles. The number of fused-ring (bicyclic) bond motifs is 1. The Kier molecular flexibility index (Phi) is 10.5. The minimum atomic E-state index is -0.996. The maximum absolute atomic E-state index is 13.5. The second kappa shape index (κ2) is 12.9. The molecule has 1 aliphatic rings. The van der Waals surface area contributed by atoms with Crippen molar-refractivity contribution < 1.29 is 28.7 Å². The zero-order chi connectivity index (χ0) is 27.9. The summed E-state index contributed by atoms with van der Waals surface area (Å²) in [5, 5.41) is 7.51. The average Bonchev–Trinajstić information content (AvgIpc) is 2.92. The number of aryl methyl sites for hydroxylation is 1. The largest absolute Gasteiger partial charge is 0.449 e. The molecular weight excluding hydrogens is 496 g/mol. The summed E-state index contributed by atoms with van der Waals surface area (Å²) in [5.74, 6) is -1.14. The van der Waals surface area contributed by atoms with Crippen LogP contribution in [0.4, 0.5) is 21.0 Å². The lowest BCUT2D eigenvalue weighted by Crippen LogP contribution is -2.52. The van der Waals surface area contributed by atoms with Crippen molar-refractivity contribution >= 4 is 52.2 Å². The van der Waals surface area contributed by atoms with Gasteiger partial charge in [-0.25, -0.2) is 14.5 Å². The lowest BCUT2D eigenvalue weighted by molar-refractivity contribution is -0.127. The monoisotopic (exact) mass is 534 g/mol. The van der Waals surface area contributed by atoms with Crippen LogP contribution in [0, 0.1) is 5.92 Å². The summed E-state index contributed by atoms with van der Waals surface area (Å²) in [4.78, 5) is 64.5. The number of nitrogens with one attached hydrogen (secondary N) is 3. The molecule has 1 aromatic rings. The number of thioether (sulfide) groups is 1. The molecule has 5 amide bonds. The van der Waals surface area contributed by atoms with Gasteiger partial charge in [-0.3, -0.25) is 14.4 Å². The van der Waals surface area contributed by atoms with Gasteiger partial charge in [0.25, 0.3) is 5.91 Å². The summed E-state index contributed by atoms with van der Waals surface area (Å²) < 4.78 is 5.15. The van der Waals surface area contributed by atoms with Gasteiger partial charge in [-0.1, -0.05) is 32.0 Å². The van der Waals surface area contributed by atoms with Gasteiger partial charge < -0.3 is 20.7 Å². The zero-order valence-electron chi connectivity index (χ0n) is 22.6. The number of hydrogen-bond acceptors (Lipinski definition) is 7. The van der Waals surface area contributed by atoms with Crippen LogP contribution in [0.1, 0.15) is 66.9 Å². The van der Waals surface area contributed by atoms with Crippen LogP contribution in [0.15, 0.2) is 18.2 Å². The minimum Gasteiger partial charge on any atom is -0.449 e. The first-order chi connectivity index (χ1) is 17.3. The summed E-state index contributed by atoms with van der Waals surface area (Å²) in [6.07, 6.45) is 0.406. The molecule has 0 fully saturated rings. The molecular formula is C26H38N4O6S. The fourth-order valence-corrected chi connectivity index (χ4v) is 4.82. The van der Waals surface area contributed by atoms with Crippen molar-refractivity contribution in [2.45, 2.75) is 84.6 Å². The van der Waals surface area contributed by atoms with E-state index in [1.807, 2.05) is 34.6 Å². The maximum atomic E-state index is 13.5. The van der Waals surface area contributed by atoms with E-state index < -0.39 is 34.7 Å². The summed E-state index contributed by atoms with van der Waals surface area (Å²) >= 11 is 0.936. The highest BCUT2D eigenvalue weighted by atomic mass is 32.2. The first-order valence-corrected chi connectivity index (χ1v) is 13.4. The number of carbonyl (C=O) groups excluding carboxylic acids is 5. The van der Waals surface area contributed by atoms with Crippen molar-refractivity contribution in [2.24, 2.45) is 5.92 Å².